The van der Waals surface area contributed by atoms with Gasteiger partial charge in [-0.2, -0.15) is 0 Å². The van der Waals surface area contributed by atoms with Crippen molar-refractivity contribution in [2.75, 3.05) is 0 Å². The van der Waals surface area contributed by atoms with E-state index >= 15 is 0 Å². The first-order chi connectivity index (χ1) is 14.7. The molecule has 0 radical (unpaired) electrons. The second kappa shape index (κ2) is 11.5. The monoisotopic (exact) mass is 431 g/mol. The van der Waals surface area contributed by atoms with Crippen LogP contribution in [0.3, 0.4) is 0 Å². The predicted molar refractivity (Wildman–Crippen MR) is 127 cm³/mol. The van der Waals surface area contributed by atoms with E-state index in [2.05, 4.69) is 6.92 Å². The summed E-state index contributed by atoms with van der Waals surface area (Å²) in [5.41, 5.74) is 3.17. The van der Waals surface area contributed by atoms with E-state index in [1.807, 2.05) is 27.7 Å². The summed E-state index contributed by atoms with van der Waals surface area (Å²) in [6.45, 7) is 9.91. The van der Waals surface area contributed by atoms with Crippen LogP contribution in [0.4, 0.5) is 0 Å². The molecule has 0 amide bonds. The quantitative estimate of drug-likeness (QED) is 0.211. The smallest absolute Gasteiger partial charge is 0.246 e. The number of allylic oxidation sites excluding steroid dienone is 1. The summed E-state index contributed by atoms with van der Waals surface area (Å²) < 4.78 is 6.35. The molecule has 0 fully saturated rings. The lowest BCUT2D eigenvalue weighted by Gasteiger charge is -2.35. The predicted octanol–water partition coefficient (Wildman–Crippen LogP) is 7.48. The van der Waals surface area contributed by atoms with Gasteiger partial charge in [-0.15, -0.1) is 0 Å². The molecule has 1 aromatic rings. The van der Waals surface area contributed by atoms with Crippen LogP contribution in [-0.4, -0.2) is 15.6 Å². The first kappa shape index (κ1) is 25.2. The zero-order valence-electron chi connectivity index (χ0n) is 20.2. The summed E-state index contributed by atoms with van der Waals surface area (Å²) in [6.07, 6.45) is 14.4. The Kier molecular flexibility index (Phi) is 9.39. The summed E-state index contributed by atoms with van der Waals surface area (Å²) in [7, 11) is 0. The van der Waals surface area contributed by atoms with Crippen molar-refractivity contribution in [3.8, 4) is 11.5 Å². The van der Waals surface area contributed by atoms with Crippen molar-refractivity contribution in [3.63, 3.8) is 0 Å². The third-order valence-corrected chi connectivity index (χ3v) is 6.79. The Bertz CT molecular complexity index is 799. The minimum atomic E-state index is -0.699. The van der Waals surface area contributed by atoms with Crippen LogP contribution in [0.1, 0.15) is 107 Å². The molecule has 0 aliphatic carbocycles. The maximum Gasteiger partial charge on any atom is 0.246 e. The van der Waals surface area contributed by atoms with Crippen molar-refractivity contribution in [2.45, 2.75) is 117 Å². The highest BCUT2D eigenvalue weighted by molar-refractivity contribution is 5.58. The molecule has 31 heavy (non-hydrogen) atoms. The molecule has 1 unspecified atom stereocenters. The van der Waals surface area contributed by atoms with Crippen LogP contribution in [0.2, 0.25) is 0 Å². The Balaban J connectivity index is 1.97. The zero-order valence-corrected chi connectivity index (χ0v) is 20.2. The Hall–Kier alpha value is -2.04. The number of phenolic OH excluding ortho intramolecular Hbond substituents is 1. The highest BCUT2D eigenvalue weighted by Crippen LogP contribution is 2.43. The lowest BCUT2D eigenvalue weighted by molar-refractivity contribution is -0.429. The number of nitro groups is 1. The van der Waals surface area contributed by atoms with Crippen LogP contribution in [0.15, 0.2) is 11.8 Å². The van der Waals surface area contributed by atoms with Crippen molar-refractivity contribution in [1.82, 2.24) is 0 Å². The Morgan fingerprint density at radius 1 is 1.03 bits per heavy atom. The van der Waals surface area contributed by atoms with Gasteiger partial charge in [-0.25, -0.2) is 0 Å². The van der Waals surface area contributed by atoms with Crippen LogP contribution in [0.25, 0.3) is 0 Å². The molecule has 1 atom stereocenters. The molecule has 1 aliphatic rings. The Morgan fingerprint density at radius 2 is 1.61 bits per heavy atom. The normalized spacial score (nSPS) is 18.5. The summed E-state index contributed by atoms with van der Waals surface area (Å²) in [4.78, 5) is 11.5. The molecule has 1 aromatic carbocycles. The van der Waals surface area contributed by atoms with E-state index in [1.165, 1.54) is 38.5 Å². The van der Waals surface area contributed by atoms with Crippen LogP contribution >= 0.6 is 0 Å². The average molecular weight is 432 g/mol. The summed E-state index contributed by atoms with van der Waals surface area (Å²) >= 11 is 0. The molecule has 0 saturated carbocycles. The average Bonchev–Trinajstić information content (AvgIpc) is 2.74. The first-order valence-corrected chi connectivity index (χ1v) is 12.1. The maximum absolute atomic E-state index is 11.7. The van der Waals surface area contributed by atoms with Crippen molar-refractivity contribution >= 4 is 0 Å². The van der Waals surface area contributed by atoms with E-state index in [0.717, 1.165) is 53.7 Å². The van der Waals surface area contributed by atoms with Crippen LogP contribution in [0, 0.1) is 30.9 Å². The van der Waals surface area contributed by atoms with Crippen LogP contribution in [0.5, 0.6) is 11.5 Å². The van der Waals surface area contributed by atoms with E-state index in [0.29, 0.717) is 18.6 Å². The number of benzene rings is 1. The molecular weight excluding hydrogens is 390 g/mol. The summed E-state index contributed by atoms with van der Waals surface area (Å²) in [5.74, 6) is 1.11. The maximum atomic E-state index is 11.7. The zero-order chi connectivity index (χ0) is 23.0. The van der Waals surface area contributed by atoms with Crippen molar-refractivity contribution in [1.29, 1.82) is 0 Å². The Labute approximate surface area is 188 Å². The Morgan fingerprint density at radius 3 is 2.19 bits per heavy atom. The fraction of sp³-hybridized carbons (Fsp3) is 0.692. The van der Waals surface area contributed by atoms with Gasteiger partial charge in [0, 0.05) is 18.1 Å². The topological polar surface area (TPSA) is 72.6 Å². The minimum Gasteiger partial charge on any atom is -0.507 e. The van der Waals surface area contributed by atoms with E-state index in [-0.39, 0.29) is 10.6 Å². The van der Waals surface area contributed by atoms with Crippen molar-refractivity contribution in [3.05, 3.63) is 44.1 Å². The molecular formula is C26H41NO4. The number of rotatable bonds is 12. The summed E-state index contributed by atoms with van der Waals surface area (Å²) in [6, 6.07) is 0. The second-order valence-corrected chi connectivity index (χ2v) is 9.42. The SMILES string of the molecule is CCCCCCCCCCCC(=CC1(C)CCc2c(C)c(O)c(C)c(C)c2O1)[N+](=O)[O-]. The molecule has 0 saturated heterocycles. The first-order valence-electron chi connectivity index (χ1n) is 12.1. The van der Waals surface area contributed by atoms with Gasteiger partial charge >= 0.3 is 0 Å². The van der Waals surface area contributed by atoms with Gasteiger partial charge in [0.1, 0.15) is 17.1 Å². The van der Waals surface area contributed by atoms with E-state index < -0.39 is 5.60 Å². The van der Waals surface area contributed by atoms with Gasteiger partial charge in [0.05, 0.1) is 4.92 Å². The molecule has 0 aromatic heterocycles. The molecule has 1 heterocycles. The fourth-order valence-electron chi connectivity index (χ4n) is 4.55. The number of ether oxygens (including phenoxy) is 1. The number of unbranched alkanes of at least 4 members (excludes halogenated alkanes) is 8. The largest absolute Gasteiger partial charge is 0.507 e. The molecule has 5 nitrogen and oxygen atoms in total. The highest BCUT2D eigenvalue weighted by atomic mass is 16.6. The van der Waals surface area contributed by atoms with Gasteiger partial charge in [-0.3, -0.25) is 10.1 Å². The fourth-order valence-corrected chi connectivity index (χ4v) is 4.55. The lowest BCUT2D eigenvalue weighted by atomic mass is 9.86. The highest BCUT2D eigenvalue weighted by Gasteiger charge is 2.35. The van der Waals surface area contributed by atoms with E-state index in [4.69, 9.17) is 4.74 Å². The van der Waals surface area contributed by atoms with Crippen molar-refractivity contribution in [2.24, 2.45) is 0 Å². The molecule has 174 valence electrons. The number of hydrogen-bond acceptors (Lipinski definition) is 4. The third kappa shape index (κ3) is 6.72. The molecule has 0 spiro atoms. The van der Waals surface area contributed by atoms with Crippen LogP contribution in [-0.2, 0) is 6.42 Å². The van der Waals surface area contributed by atoms with Crippen LogP contribution < -0.4 is 4.74 Å². The van der Waals surface area contributed by atoms with Gasteiger partial charge in [0.15, 0.2) is 0 Å². The molecule has 1 N–H and O–H groups in total. The minimum absolute atomic E-state index is 0.241. The number of phenols is 1. The van der Waals surface area contributed by atoms with Gasteiger partial charge in [-0.05, 0) is 63.6 Å². The van der Waals surface area contributed by atoms with Gasteiger partial charge in [0.2, 0.25) is 5.70 Å². The van der Waals surface area contributed by atoms with Crippen molar-refractivity contribution < 1.29 is 14.8 Å². The van der Waals surface area contributed by atoms with E-state index in [1.54, 1.807) is 6.08 Å². The van der Waals surface area contributed by atoms with Gasteiger partial charge < -0.3 is 9.84 Å². The third-order valence-electron chi connectivity index (χ3n) is 6.79. The van der Waals surface area contributed by atoms with E-state index in [9.17, 15) is 15.2 Å². The number of aromatic hydroxyl groups is 1. The molecule has 5 heteroatoms. The number of hydrogen-bond donors (Lipinski definition) is 1. The van der Waals surface area contributed by atoms with Gasteiger partial charge in [0.25, 0.3) is 0 Å². The molecule has 2 rings (SSSR count). The molecule has 0 bridgehead atoms. The number of fused-ring (bicyclic) bond motifs is 1. The lowest BCUT2D eigenvalue weighted by Crippen LogP contribution is -2.36. The van der Waals surface area contributed by atoms with Gasteiger partial charge in [-0.1, -0.05) is 58.3 Å². The standard InChI is InChI=1S/C26H41NO4/c1-6-7-8-9-10-11-12-13-14-15-22(27(29)30)18-26(5)17-16-23-21(4)24(28)19(2)20(3)25(23)31-26/h18,28H,6-17H2,1-5H3. The summed E-state index contributed by atoms with van der Waals surface area (Å²) in [5, 5.41) is 22.0. The second-order valence-electron chi connectivity index (χ2n) is 9.42. The number of nitrogens with zero attached hydrogens (tertiary/aromatic N) is 1. The molecule has 1 aliphatic heterocycles.